The zero-order chi connectivity index (χ0) is 18.5. The molecule has 2 atom stereocenters. The van der Waals surface area contributed by atoms with E-state index in [0.717, 1.165) is 35.7 Å². The summed E-state index contributed by atoms with van der Waals surface area (Å²) in [5.41, 5.74) is 2.93. The first-order chi connectivity index (χ1) is 12.6. The number of nitrogens with zero attached hydrogens (tertiary/aromatic N) is 1. The number of benzene rings is 1. The van der Waals surface area contributed by atoms with Crippen molar-refractivity contribution in [1.82, 2.24) is 10.3 Å². The van der Waals surface area contributed by atoms with Crippen LogP contribution in [-0.4, -0.2) is 31.1 Å². The second-order valence-corrected chi connectivity index (χ2v) is 7.94. The van der Waals surface area contributed by atoms with Gasteiger partial charge in [0.05, 0.1) is 12.8 Å². The van der Waals surface area contributed by atoms with Crippen molar-refractivity contribution in [3.8, 4) is 17.0 Å². The number of rotatable bonds is 6. The molecule has 1 fully saturated rings. The van der Waals surface area contributed by atoms with Gasteiger partial charge < -0.3 is 15.4 Å². The quantitative estimate of drug-likeness (QED) is 0.800. The Hall–Kier alpha value is -1.92. The van der Waals surface area contributed by atoms with Gasteiger partial charge in [0.1, 0.15) is 5.75 Å². The van der Waals surface area contributed by atoms with Gasteiger partial charge in [0.25, 0.3) is 0 Å². The molecular weight excluding hydrogens is 346 g/mol. The molecule has 1 saturated heterocycles. The largest absolute Gasteiger partial charge is 0.496 e. The van der Waals surface area contributed by atoms with Gasteiger partial charge in [-0.2, -0.15) is 0 Å². The minimum Gasteiger partial charge on any atom is -0.496 e. The van der Waals surface area contributed by atoms with Gasteiger partial charge in [-0.1, -0.05) is 18.6 Å². The fourth-order valence-corrected chi connectivity index (χ4v) is 4.20. The standard InChI is InChI=1S/C20H27N3O2S/c1-13-6-7-18(25-3)16(9-13)17-12-26-20(22-17)23-19(24)10-14(2)15-5-4-8-21-11-15/h6-7,9,12,14-15,21H,4-5,8,10-11H2,1-3H3,(H,22,23,24). The summed E-state index contributed by atoms with van der Waals surface area (Å²) in [6.07, 6.45) is 2.94. The summed E-state index contributed by atoms with van der Waals surface area (Å²) in [6.45, 7) is 6.32. The van der Waals surface area contributed by atoms with Crippen molar-refractivity contribution < 1.29 is 9.53 Å². The predicted octanol–water partition coefficient (Wildman–Crippen LogP) is 4.09. The second-order valence-electron chi connectivity index (χ2n) is 7.08. The van der Waals surface area contributed by atoms with Crippen LogP contribution in [0.25, 0.3) is 11.3 Å². The van der Waals surface area contributed by atoms with Crippen LogP contribution in [0.5, 0.6) is 5.75 Å². The highest BCUT2D eigenvalue weighted by molar-refractivity contribution is 7.14. The molecule has 1 aliphatic heterocycles. The molecule has 26 heavy (non-hydrogen) atoms. The molecule has 1 aromatic heterocycles. The van der Waals surface area contributed by atoms with Crippen molar-refractivity contribution >= 4 is 22.4 Å². The summed E-state index contributed by atoms with van der Waals surface area (Å²) in [7, 11) is 1.66. The Kier molecular flexibility index (Phi) is 6.27. The summed E-state index contributed by atoms with van der Waals surface area (Å²) < 4.78 is 5.44. The van der Waals surface area contributed by atoms with Crippen LogP contribution in [0.4, 0.5) is 5.13 Å². The summed E-state index contributed by atoms with van der Waals surface area (Å²) >= 11 is 1.45. The number of thiazole rings is 1. The molecule has 1 amide bonds. The highest BCUT2D eigenvalue weighted by atomic mass is 32.1. The van der Waals surface area contributed by atoms with Gasteiger partial charge in [-0.15, -0.1) is 11.3 Å². The molecular formula is C20H27N3O2S. The smallest absolute Gasteiger partial charge is 0.226 e. The lowest BCUT2D eigenvalue weighted by Crippen LogP contribution is -2.34. The first-order valence-corrected chi connectivity index (χ1v) is 10.1. The van der Waals surface area contributed by atoms with Crippen LogP contribution < -0.4 is 15.4 Å². The van der Waals surface area contributed by atoms with Crippen LogP contribution in [0.1, 0.15) is 31.7 Å². The number of carbonyl (C=O) groups is 1. The highest BCUT2D eigenvalue weighted by Gasteiger charge is 2.22. The number of methoxy groups -OCH3 is 1. The van der Waals surface area contributed by atoms with Crippen molar-refractivity contribution in [3.05, 3.63) is 29.1 Å². The summed E-state index contributed by atoms with van der Waals surface area (Å²) in [5.74, 6) is 1.79. The van der Waals surface area contributed by atoms with Crippen molar-refractivity contribution in [2.45, 2.75) is 33.1 Å². The number of piperidine rings is 1. The fourth-order valence-electron chi connectivity index (χ4n) is 3.47. The minimum atomic E-state index is 0.0418. The minimum absolute atomic E-state index is 0.0418. The number of amides is 1. The van der Waals surface area contributed by atoms with E-state index in [1.54, 1.807) is 7.11 Å². The molecule has 2 N–H and O–H groups in total. The molecule has 0 saturated carbocycles. The number of aromatic nitrogens is 1. The average molecular weight is 374 g/mol. The molecule has 1 aromatic carbocycles. The number of aryl methyl sites for hydroxylation is 1. The van der Waals surface area contributed by atoms with Crippen LogP contribution in [0.15, 0.2) is 23.6 Å². The van der Waals surface area contributed by atoms with Gasteiger partial charge >= 0.3 is 0 Å². The second kappa shape index (κ2) is 8.64. The lowest BCUT2D eigenvalue weighted by Gasteiger charge is -2.27. The van der Waals surface area contributed by atoms with Crippen molar-refractivity contribution in [1.29, 1.82) is 0 Å². The van der Waals surface area contributed by atoms with E-state index < -0.39 is 0 Å². The SMILES string of the molecule is COc1ccc(C)cc1-c1csc(NC(=O)CC(C)C2CCCNC2)n1. The zero-order valence-corrected chi connectivity index (χ0v) is 16.5. The fraction of sp³-hybridized carbons (Fsp3) is 0.500. The molecule has 0 aliphatic carbocycles. The topological polar surface area (TPSA) is 63.2 Å². The van der Waals surface area contributed by atoms with E-state index in [0.29, 0.717) is 23.4 Å². The number of carbonyl (C=O) groups excluding carboxylic acids is 1. The Morgan fingerprint density at radius 1 is 1.50 bits per heavy atom. The van der Waals surface area contributed by atoms with Gasteiger partial charge in [-0.25, -0.2) is 4.98 Å². The first kappa shape index (κ1) is 18.9. The molecule has 2 unspecified atom stereocenters. The maximum absolute atomic E-state index is 12.4. The first-order valence-electron chi connectivity index (χ1n) is 9.18. The van der Waals surface area contributed by atoms with Gasteiger partial charge in [0, 0.05) is 17.4 Å². The Morgan fingerprint density at radius 3 is 3.08 bits per heavy atom. The lowest BCUT2D eigenvalue weighted by atomic mass is 9.85. The molecule has 0 radical (unpaired) electrons. The molecule has 6 heteroatoms. The molecule has 2 aromatic rings. The third-order valence-corrected chi connectivity index (χ3v) is 5.79. The average Bonchev–Trinajstić information content (AvgIpc) is 3.10. The monoisotopic (exact) mass is 373 g/mol. The van der Waals surface area contributed by atoms with E-state index >= 15 is 0 Å². The van der Waals surface area contributed by atoms with E-state index in [9.17, 15) is 4.79 Å². The Bertz CT molecular complexity index is 753. The molecule has 3 rings (SSSR count). The lowest BCUT2D eigenvalue weighted by molar-refractivity contribution is -0.117. The van der Waals surface area contributed by atoms with E-state index in [1.165, 1.54) is 24.2 Å². The van der Waals surface area contributed by atoms with Gasteiger partial charge in [-0.3, -0.25) is 4.79 Å². The van der Waals surface area contributed by atoms with Crippen LogP contribution in [0.3, 0.4) is 0 Å². The third-order valence-electron chi connectivity index (χ3n) is 5.03. The maximum atomic E-state index is 12.4. The summed E-state index contributed by atoms with van der Waals surface area (Å²) in [6, 6.07) is 6.01. The summed E-state index contributed by atoms with van der Waals surface area (Å²) in [4.78, 5) is 17.0. The number of hydrogen-bond donors (Lipinski definition) is 2. The Morgan fingerprint density at radius 2 is 2.35 bits per heavy atom. The van der Waals surface area contributed by atoms with E-state index in [-0.39, 0.29) is 5.91 Å². The number of ether oxygens (including phenoxy) is 1. The number of nitrogens with one attached hydrogen (secondary N) is 2. The van der Waals surface area contributed by atoms with Gasteiger partial charge in [0.15, 0.2) is 5.13 Å². The van der Waals surface area contributed by atoms with E-state index in [2.05, 4.69) is 28.6 Å². The molecule has 1 aliphatic rings. The van der Waals surface area contributed by atoms with Crippen LogP contribution in [0.2, 0.25) is 0 Å². The Balaban J connectivity index is 1.63. The molecule has 140 valence electrons. The van der Waals surface area contributed by atoms with Crippen molar-refractivity contribution in [3.63, 3.8) is 0 Å². The molecule has 0 spiro atoms. The van der Waals surface area contributed by atoms with Crippen molar-refractivity contribution in [2.24, 2.45) is 11.8 Å². The van der Waals surface area contributed by atoms with Gasteiger partial charge in [-0.05, 0) is 56.8 Å². The molecule has 2 heterocycles. The number of anilines is 1. The Labute approximate surface area is 159 Å². The highest BCUT2D eigenvalue weighted by Crippen LogP contribution is 2.33. The maximum Gasteiger partial charge on any atom is 0.226 e. The number of hydrogen-bond acceptors (Lipinski definition) is 5. The van der Waals surface area contributed by atoms with E-state index in [4.69, 9.17) is 4.74 Å². The normalized spacial score (nSPS) is 18.3. The summed E-state index contributed by atoms with van der Waals surface area (Å²) in [5, 5.41) is 8.98. The zero-order valence-electron chi connectivity index (χ0n) is 15.7. The van der Waals surface area contributed by atoms with Crippen LogP contribution in [-0.2, 0) is 4.79 Å². The van der Waals surface area contributed by atoms with Crippen molar-refractivity contribution in [2.75, 3.05) is 25.5 Å². The van der Waals surface area contributed by atoms with Gasteiger partial charge in [0.2, 0.25) is 5.91 Å². The molecule has 5 nitrogen and oxygen atoms in total. The predicted molar refractivity (Wildman–Crippen MR) is 107 cm³/mol. The molecule has 0 bridgehead atoms. The van der Waals surface area contributed by atoms with Crippen LogP contribution in [0, 0.1) is 18.8 Å². The third kappa shape index (κ3) is 4.62. The van der Waals surface area contributed by atoms with E-state index in [1.807, 2.05) is 24.4 Å². The van der Waals surface area contributed by atoms with Crippen LogP contribution >= 0.6 is 11.3 Å².